The van der Waals surface area contributed by atoms with Crippen LogP contribution in [-0.4, -0.2) is 43.1 Å². The van der Waals surface area contributed by atoms with Gasteiger partial charge in [-0.15, -0.1) is 0 Å². The van der Waals surface area contributed by atoms with E-state index in [9.17, 15) is 5.11 Å². The molecular formula is C15H22ClNO3. The van der Waals surface area contributed by atoms with Crippen LogP contribution in [0.15, 0.2) is 24.3 Å². The predicted molar refractivity (Wildman–Crippen MR) is 79.4 cm³/mol. The average molecular weight is 300 g/mol. The zero-order chi connectivity index (χ0) is 14.4. The molecule has 0 bridgehead atoms. The largest absolute Gasteiger partial charge is 0.489 e. The summed E-state index contributed by atoms with van der Waals surface area (Å²) in [5.74, 6) is 0.597. The second-order valence-corrected chi connectivity index (χ2v) is 5.84. The Hall–Kier alpha value is -0.810. The van der Waals surface area contributed by atoms with Crippen molar-refractivity contribution in [2.75, 3.05) is 26.3 Å². The Kier molecular flexibility index (Phi) is 5.66. The van der Waals surface area contributed by atoms with Crippen LogP contribution < -0.4 is 10.1 Å². The summed E-state index contributed by atoms with van der Waals surface area (Å²) in [7, 11) is 0. The molecular weight excluding hydrogens is 278 g/mol. The molecule has 0 aliphatic carbocycles. The number of hydrogen-bond acceptors (Lipinski definition) is 4. The molecule has 1 heterocycles. The van der Waals surface area contributed by atoms with Gasteiger partial charge < -0.3 is 19.9 Å². The Balaban J connectivity index is 1.65. The van der Waals surface area contributed by atoms with Crippen LogP contribution in [-0.2, 0) is 4.74 Å². The van der Waals surface area contributed by atoms with Crippen molar-refractivity contribution in [2.45, 2.75) is 31.5 Å². The minimum Gasteiger partial charge on any atom is -0.489 e. The third-order valence-electron chi connectivity index (χ3n) is 3.45. The fraction of sp³-hybridized carbons (Fsp3) is 0.600. The van der Waals surface area contributed by atoms with Gasteiger partial charge in [0.05, 0.1) is 10.6 Å². The lowest BCUT2D eigenvalue weighted by atomic mass is 10.0. The van der Waals surface area contributed by atoms with Crippen molar-refractivity contribution in [2.24, 2.45) is 0 Å². The lowest BCUT2D eigenvalue weighted by molar-refractivity contribution is 0.0170. The highest BCUT2D eigenvalue weighted by Gasteiger charge is 2.29. The number of halogens is 1. The molecule has 5 heteroatoms. The van der Waals surface area contributed by atoms with Gasteiger partial charge >= 0.3 is 0 Å². The molecule has 2 unspecified atom stereocenters. The highest BCUT2D eigenvalue weighted by Crippen LogP contribution is 2.24. The molecule has 0 spiro atoms. The van der Waals surface area contributed by atoms with E-state index in [1.54, 1.807) is 12.1 Å². The van der Waals surface area contributed by atoms with Gasteiger partial charge in [0.1, 0.15) is 18.5 Å². The molecule has 2 rings (SSSR count). The Morgan fingerprint density at radius 1 is 1.50 bits per heavy atom. The van der Waals surface area contributed by atoms with Gasteiger partial charge in [-0.25, -0.2) is 0 Å². The van der Waals surface area contributed by atoms with Gasteiger partial charge in [0.2, 0.25) is 0 Å². The number of hydrogen-bond donors (Lipinski definition) is 2. The SMILES string of the molecule is CC1(CNCC(O)COc2ccccc2Cl)CCCO1. The summed E-state index contributed by atoms with van der Waals surface area (Å²) in [6.45, 7) is 4.36. The van der Waals surface area contributed by atoms with E-state index in [0.717, 1.165) is 26.0 Å². The summed E-state index contributed by atoms with van der Waals surface area (Å²) in [6.07, 6.45) is 1.60. The Bertz CT molecular complexity index is 421. The number of benzene rings is 1. The van der Waals surface area contributed by atoms with Gasteiger partial charge in [-0.1, -0.05) is 23.7 Å². The van der Waals surface area contributed by atoms with E-state index in [1.807, 2.05) is 12.1 Å². The molecule has 1 aliphatic rings. The standard InChI is InChI=1S/C15H22ClNO3/c1-15(7-4-8-20-15)11-17-9-12(18)10-19-14-6-3-2-5-13(14)16/h2-3,5-6,12,17-18H,4,7-11H2,1H3. The summed E-state index contributed by atoms with van der Waals surface area (Å²) in [4.78, 5) is 0. The molecule has 2 atom stereocenters. The average Bonchev–Trinajstić information content (AvgIpc) is 2.85. The smallest absolute Gasteiger partial charge is 0.138 e. The van der Waals surface area contributed by atoms with Crippen molar-refractivity contribution in [1.82, 2.24) is 5.32 Å². The van der Waals surface area contributed by atoms with E-state index in [1.165, 1.54) is 0 Å². The minimum atomic E-state index is -0.573. The molecule has 1 aromatic rings. The topological polar surface area (TPSA) is 50.7 Å². The van der Waals surface area contributed by atoms with E-state index >= 15 is 0 Å². The van der Waals surface area contributed by atoms with Crippen LogP contribution in [0.5, 0.6) is 5.75 Å². The molecule has 20 heavy (non-hydrogen) atoms. The van der Waals surface area contributed by atoms with Crippen LogP contribution in [0.25, 0.3) is 0 Å². The van der Waals surface area contributed by atoms with Crippen LogP contribution in [0.1, 0.15) is 19.8 Å². The molecule has 1 saturated heterocycles. The molecule has 2 N–H and O–H groups in total. The first-order chi connectivity index (χ1) is 9.59. The van der Waals surface area contributed by atoms with Gasteiger partial charge in [-0.2, -0.15) is 0 Å². The van der Waals surface area contributed by atoms with Crippen LogP contribution in [0.3, 0.4) is 0 Å². The number of ether oxygens (including phenoxy) is 2. The number of para-hydroxylation sites is 1. The molecule has 1 fully saturated rings. The van der Waals surface area contributed by atoms with E-state index in [4.69, 9.17) is 21.1 Å². The third kappa shape index (κ3) is 4.63. The van der Waals surface area contributed by atoms with Gasteiger partial charge in [-0.05, 0) is 31.9 Å². The number of aliphatic hydroxyl groups excluding tert-OH is 1. The summed E-state index contributed by atoms with van der Waals surface area (Å²) >= 11 is 5.98. The zero-order valence-electron chi connectivity index (χ0n) is 11.8. The van der Waals surface area contributed by atoms with Crippen molar-refractivity contribution in [3.05, 3.63) is 29.3 Å². The molecule has 0 aromatic heterocycles. The van der Waals surface area contributed by atoms with E-state index in [0.29, 0.717) is 17.3 Å². The number of nitrogens with one attached hydrogen (secondary N) is 1. The quantitative estimate of drug-likeness (QED) is 0.811. The first kappa shape index (κ1) is 15.6. The molecule has 1 aliphatic heterocycles. The van der Waals surface area contributed by atoms with E-state index in [2.05, 4.69) is 12.2 Å². The van der Waals surface area contributed by atoms with Crippen molar-refractivity contribution >= 4 is 11.6 Å². The van der Waals surface area contributed by atoms with Crippen molar-refractivity contribution in [3.63, 3.8) is 0 Å². The van der Waals surface area contributed by atoms with Crippen molar-refractivity contribution in [1.29, 1.82) is 0 Å². The summed E-state index contributed by atoms with van der Waals surface area (Å²) in [6, 6.07) is 7.25. The minimum absolute atomic E-state index is 0.0939. The maximum Gasteiger partial charge on any atom is 0.138 e. The van der Waals surface area contributed by atoms with E-state index in [-0.39, 0.29) is 12.2 Å². The van der Waals surface area contributed by atoms with Gasteiger partial charge in [0.25, 0.3) is 0 Å². The molecule has 1 aromatic carbocycles. The van der Waals surface area contributed by atoms with Crippen molar-refractivity contribution < 1.29 is 14.6 Å². The lowest BCUT2D eigenvalue weighted by Gasteiger charge is -2.24. The zero-order valence-corrected chi connectivity index (χ0v) is 12.5. The van der Waals surface area contributed by atoms with Crippen LogP contribution in [0.4, 0.5) is 0 Å². The second kappa shape index (κ2) is 7.27. The third-order valence-corrected chi connectivity index (χ3v) is 3.76. The fourth-order valence-electron chi connectivity index (χ4n) is 2.29. The summed E-state index contributed by atoms with van der Waals surface area (Å²) < 4.78 is 11.2. The maximum absolute atomic E-state index is 9.89. The lowest BCUT2D eigenvalue weighted by Crippen LogP contribution is -2.41. The highest BCUT2D eigenvalue weighted by molar-refractivity contribution is 6.32. The van der Waals surface area contributed by atoms with Crippen LogP contribution >= 0.6 is 11.6 Å². The molecule has 0 saturated carbocycles. The highest BCUT2D eigenvalue weighted by atomic mass is 35.5. The first-order valence-corrected chi connectivity index (χ1v) is 7.37. The molecule has 4 nitrogen and oxygen atoms in total. The Labute approximate surface area is 125 Å². The first-order valence-electron chi connectivity index (χ1n) is 6.99. The van der Waals surface area contributed by atoms with Crippen LogP contribution in [0.2, 0.25) is 5.02 Å². The monoisotopic (exact) mass is 299 g/mol. The Morgan fingerprint density at radius 2 is 2.30 bits per heavy atom. The summed E-state index contributed by atoms with van der Waals surface area (Å²) in [5.41, 5.74) is -0.0939. The normalized spacial score (nSPS) is 23.8. The molecule has 0 amide bonds. The number of rotatable bonds is 7. The predicted octanol–water partition coefficient (Wildman–Crippen LogP) is 2.24. The Morgan fingerprint density at radius 3 is 3.00 bits per heavy atom. The van der Waals surface area contributed by atoms with Gasteiger partial charge in [0, 0.05) is 19.7 Å². The van der Waals surface area contributed by atoms with E-state index < -0.39 is 6.10 Å². The maximum atomic E-state index is 9.89. The van der Waals surface area contributed by atoms with Crippen LogP contribution in [0, 0.1) is 0 Å². The van der Waals surface area contributed by atoms with Crippen molar-refractivity contribution in [3.8, 4) is 5.75 Å². The second-order valence-electron chi connectivity index (χ2n) is 5.43. The molecule has 112 valence electrons. The van der Waals surface area contributed by atoms with Gasteiger partial charge in [0.15, 0.2) is 0 Å². The fourth-order valence-corrected chi connectivity index (χ4v) is 2.48. The summed E-state index contributed by atoms with van der Waals surface area (Å²) in [5, 5.41) is 13.7. The number of aliphatic hydroxyl groups is 1. The molecule has 0 radical (unpaired) electrons. The van der Waals surface area contributed by atoms with Gasteiger partial charge in [-0.3, -0.25) is 0 Å².